The standard InChI is InChI=1S/C15H23N3S/c1-11-9-18(10-12(2)19-11)15-5-6-16-7-13(15)8-17-14-3-4-14/h5-7,11-12,14,17H,3-4,8-10H2,1-2H3. The van der Waals surface area contributed by atoms with Gasteiger partial charge in [0.25, 0.3) is 0 Å². The molecular weight excluding hydrogens is 254 g/mol. The van der Waals surface area contributed by atoms with Crippen LogP contribution in [0.15, 0.2) is 18.5 Å². The van der Waals surface area contributed by atoms with Crippen LogP contribution >= 0.6 is 11.8 Å². The molecule has 1 aliphatic carbocycles. The van der Waals surface area contributed by atoms with Crippen LogP contribution in [0.1, 0.15) is 32.3 Å². The molecule has 3 nitrogen and oxygen atoms in total. The average molecular weight is 277 g/mol. The average Bonchev–Trinajstić information content (AvgIpc) is 3.19. The third-order valence-corrected chi connectivity index (χ3v) is 5.02. The molecule has 2 fully saturated rings. The molecule has 0 radical (unpaired) electrons. The van der Waals surface area contributed by atoms with E-state index in [1.54, 1.807) is 0 Å². The van der Waals surface area contributed by atoms with Crippen molar-refractivity contribution < 1.29 is 0 Å². The highest BCUT2D eigenvalue weighted by molar-refractivity contribution is 8.00. The van der Waals surface area contributed by atoms with E-state index in [1.807, 2.05) is 12.4 Å². The fourth-order valence-corrected chi connectivity index (χ4v) is 4.11. The number of pyridine rings is 1. The summed E-state index contributed by atoms with van der Waals surface area (Å²) in [5.74, 6) is 0. The van der Waals surface area contributed by atoms with Gasteiger partial charge < -0.3 is 10.2 Å². The SMILES string of the molecule is CC1CN(c2ccncc2CNC2CC2)CC(C)S1. The lowest BCUT2D eigenvalue weighted by molar-refractivity contribution is 0.674. The molecule has 4 heteroatoms. The summed E-state index contributed by atoms with van der Waals surface area (Å²) in [5, 5.41) is 5.02. The summed E-state index contributed by atoms with van der Waals surface area (Å²) in [6, 6.07) is 2.93. The van der Waals surface area contributed by atoms with E-state index < -0.39 is 0 Å². The van der Waals surface area contributed by atoms with E-state index in [9.17, 15) is 0 Å². The van der Waals surface area contributed by atoms with Crippen LogP contribution in [0.25, 0.3) is 0 Å². The van der Waals surface area contributed by atoms with Crippen LogP contribution in [-0.2, 0) is 6.54 Å². The number of nitrogens with one attached hydrogen (secondary N) is 1. The minimum absolute atomic E-state index is 0.709. The fourth-order valence-electron chi connectivity index (χ4n) is 2.78. The second kappa shape index (κ2) is 5.71. The highest BCUT2D eigenvalue weighted by atomic mass is 32.2. The van der Waals surface area contributed by atoms with Crippen molar-refractivity contribution in [1.29, 1.82) is 0 Å². The zero-order chi connectivity index (χ0) is 13.2. The van der Waals surface area contributed by atoms with Gasteiger partial charge >= 0.3 is 0 Å². The third-order valence-electron chi connectivity index (χ3n) is 3.80. The Hall–Kier alpha value is -0.740. The first-order valence-corrected chi connectivity index (χ1v) is 8.23. The topological polar surface area (TPSA) is 28.2 Å². The number of hydrogen-bond acceptors (Lipinski definition) is 4. The maximum atomic E-state index is 4.30. The van der Waals surface area contributed by atoms with Gasteiger partial charge in [-0.15, -0.1) is 0 Å². The molecule has 1 aromatic heterocycles. The van der Waals surface area contributed by atoms with E-state index in [1.165, 1.54) is 24.1 Å². The minimum Gasteiger partial charge on any atom is -0.369 e. The molecule has 1 N–H and O–H groups in total. The Morgan fingerprint density at radius 3 is 2.74 bits per heavy atom. The van der Waals surface area contributed by atoms with E-state index >= 15 is 0 Å². The predicted molar refractivity (Wildman–Crippen MR) is 82.8 cm³/mol. The lowest BCUT2D eigenvalue weighted by Gasteiger charge is -2.37. The number of rotatable bonds is 4. The van der Waals surface area contributed by atoms with E-state index in [4.69, 9.17) is 0 Å². The molecule has 2 atom stereocenters. The van der Waals surface area contributed by atoms with Crippen LogP contribution in [0, 0.1) is 0 Å². The Morgan fingerprint density at radius 2 is 2.05 bits per heavy atom. The Labute approximate surface area is 120 Å². The van der Waals surface area contributed by atoms with Gasteiger partial charge in [-0.25, -0.2) is 0 Å². The van der Waals surface area contributed by atoms with Crippen molar-refractivity contribution in [1.82, 2.24) is 10.3 Å². The molecule has 0 bridgehead atoms. The second-order valence-corrected chi connectivity index (χ2v) is 7.70. The molecule has 19 heavy (non-hydrogen) atoms. The lowest BCUT2D eigenvalue weighted by Crippen LogP contribution is -2.41. The van der Waals surface area contributed by atoms with Crippen molar-refractivity contribution in [2.24, 2.45) is 0 Å². The maximum absolute atomic E-state index is 4.30. The van der Waals surface area contributed by atoms with Crippen molar-refractivity contribution in [2.75, 3.05) is 18.0 Å². The molecule has 1 saturated carbocycles. The molecule has 1 saturated heterocycles. The Kier molecular flexibility index (Phi) is 3.99. The number of anilines is 1. The summed E-state index contributed by atoms with van der Waals surface area (Å²) in [6.45, 7) is 7.92. The van der Waals surface area contributed by atoms with Gasteiger partial charge in [0.15, 0.2) is 0 Å². The predicted octanol–water partition coefficient (Wildman–Crippen LogP) is 2.66. The van der Waals surface area contributed by atoms with E-state index in [-0.39, 0.29) is 0 Å². The van der Waals surface area contributed by atoms with Gasteiger partial charge in [0, 0.05) is 59.8 Å². The Bertz CT molecular complexity index is 423. The van der Waals surface area contributed by atoms with E-state index in [0.29, 0.717) is 10.5 Å². The van der Waals surface area contributed by atoms with Crippen LogP contribution in [0.5, 0.6) is 0 Å². The first kappa shape index (κ1) is 13.3. The fraction of sp³-hybridized carbons (Fsp3) is 0.667. The normalized spacial score (nSPS) is 27.6. The molecule has 2 unspecified atom stereocenters. The third kappa shape index (κ3) is 3.42. The van der Waals surface area contributed by atoms with Crippen molar-refractivity contribution in [3.8, 4) is 0 Å². The van der Waals surface area contributed by atoms with Crippen molar-refractivity contribution in [2.45, 2.75) is 49.8 Å². The van der Waals surface area contributed by atoms with Crippen LogP contribution in [-0.4, -0.2) is 34.6 Å². The van der Waals surface area contributed by atoms with Gasteiger partial charge in [0.1, 0.15) is 0 Å². The molecule has 0 aromatic carbocycles. The quantitative estimate of drug-likeness (QED) is 0.916. The molecular formula is C15H23N3S. The molecule has 1 aromatic rings. The molecule has 3 rings (SSSR count). The van der Waals surface area contributed by atoms with Crippen LogP contribution in [0.3, 0.4) is 0 Å². The van der Waals surface area contributed by atoms with Gasteiger partial charge in [0.05, 0.1) is 0 Å². The second-order valence-electron chi connectivity index (χ2n) is 5.82. The number of aromatic nitrogens is 1. The first-order valence-electron chi connectivity index (χ1n) is 7.29. The van der Waals surface area contributed by atoms with Crippen LogP contribution in [0.4, 0.5) is 5.69 Å². The summed E-state index contributed by atoms with van der Waals surface area (Å²) < 4.78 is 0. The summed E-state index contributed by atoms with van der Waals surface area (Å²) in [5.41, 5.74) is 2.72. The van der Waals surface area contributed by atoms with Crippen molar-refractivity contribution in [3.05, 3.63) is 24.0 Å². The molecule has 0 spiro atoms. The summed E-state index contributed by atoms with van der Waals surface area (Å²) in [4.78, 5) is 6.84. The molecule has 2 heterocycles. The lowest BCUT2D eigenvalue weighted by atomic mass is 10.2. The Morgan fingerprint density at radius 1 is 1.32 bits per heavy atom. The summed E-state index contributed by atoms with van der Waals surface area (Å²) in [6.07, 6.45) is 6.63. The smallest absolute Gasteiger partial charge is 0.0443 e. The summed E-state index contributed by atoms with van der Waals surface area (Å²) >= 11 is 2.10. The summed E-state index contributed by atoms with van der Waals surface area (Å²) in [7, 11) is 0. The zero-order valence-corrected chi connectivity index (χ0v) is 12.6. The van der Waals surface area contributed by atoms with Crippen LogP contribution in [0.2, 0.25) is 0 Å². The Balaban J connectivity index is 1.74. The van der Waals surface area contributed by atoms with Gasteiger partial charge in [-0.1, -0.05) is 13.8 Å². The van der Waals surface area contributed by atoms with Gasteiger partial charge in [0.2, 0.25) is 0 Å². The zero-order valence-electron chi connectivity index (χ0n) is 11.8. The number of nitrogens with zero attached hydrogens (tertiary/aromatic N) is 2. The molecule has 104 valence electrons. The molecule has 1 aliphatic heterocycles. The highest BCUT2D eigenvalue weighted by Gasteiger charge is 2.25. The molecule has 2 aliphatic rings. The number of thioether (sulfide) groups is 1. The van der Waals surface area contributed by atoms with Gasteiger partial charge in [-0.2, -0.15) is 11.8 Å². The van der Waals surface area contributed by atoms with E-state index in [2.05, 4.69) is 46.9 Å². The van der Waals surface area contributed by atoms with Crippen molar-refractivity contribution in [3.63, 3.8) is 0 Å². The van der Waals surface area contributed by atoms with E-state index in [0.717, 1.165) is 25.7 Å². The first-order chi connectivity index (χ1) is 9.22. The minimum atomic E-state index is 0.709. The van der Waals surface area contributed by atoms with Gasteiger partial charge in [-0.05, 0) is 18.9 Å². The number of hydrogen-bond donors (Lipinski definition) is 1. The van der Waals surface area contributed by atoms with Crippen LogP contribution < -0.4 is 10.2 Å². The van der Waals surface area contributed by atoms with Crippen molar-refractivity contribution >= 4 is 17.4 Å². The monoisotopic (exact) mass is 277 g/mol. The van der Waals surface area contributed by atoms with Gasteiger partial charge in [-0.3, -0.25) is 4.98 Å². The largest absolute Gasteiger partial charge is 0.369 e. The maximum Gasteiger partial charge on any atom is 0.0443 e. The highest BCUT2D eigenvalue weighted by Crippen LogP contribution is 2.30. The molecule has 0 amide bonds.